The second kappa shape index (κ2) is 9.11. The van der Waals surface area contributed by atoms with Gasteiger partial charge in [0.15, 0.2) is 6.61 Å². The van der Waals surface area contributed by atoms with Crippen LogP contribution < -0.4 is 0 Å². The summed E-state index contributed by atoms with van der Waals surface area (Å²) in [7, 11) is 0. The second-order valence-corrected chi connectivity index (χ2v) is 9.79. The van der Waals surface area contributed by atoms with Crippen LogP contribution in [0.15, 0.2) is 46.0 Å². The second-order valence-electron chi connectivity index (χ2n) is 6.68. The Morgan fingerprint density at radius 1 is 1.21 bits per heavy atom. The lowest BCUT2D eigenvalue weighted by Crippen LogP contribution is -2.38. The van der Waals surface area contributed by atoms with E-state index in [9.17, 15) is 9.59 Å². The van der Waals surface area contributed by atoms with Crippen LogP contribution >= 0.6 is 34.4 Å². The van der Waals surface area contributed by atoms with Crippen molar-refractivity contribution < 1.29 is 14.3 Å². The van der Waals surface area contributed by atoms with E-state index in [0.29, 0.717) is 18.7 Å². The molecule has 0 saturated heterocycles. The molecular weight excluding hydrogens is 424 g/mol. The van der Waals surface area contributed by atoms with Crippen molar-refractivity contribution in [1.29, 1.82) is 0 Å². The Hall–Kier alpha value is -2.16. The number of nitrogens with zero attached hydrogens (tertiary/aromatic N) is 2. The van der Waals surface area contributed by atoms with Gasteiger partial charge in [0.1, 0.15) is 0 Å². The van der Waals surface area contributed by atoms with Crippen molar-refractivity contribution in [1.82, 2.24) is 9.88 Å². The summed E-state index contributed by atoms with van der Waals surface area (Å²) in [5.41, 5.74) is 2.71. The molecule has 2 aromatic heterocycles. The summed E-state index contributed by atoms with van der Waals surface area (Å²) >= 11 is 5.05. The number of esters is 1. The molecule has 4 rings (SSSR count). The summed E-state index contributed by atoms with van der Waals surface area (Å²) in [6, 6.07) is 9.32. The standard InChI is InChI=1S/C21H20N2O3S3/c1-14-22-17(12-28-14)13-29-18-4-2-15(3-5-18)21(25)26-11-20(24)23-8-6-19-16(10-23)7-9-27-19/h2-5,7,9,12H,6,8,10-11,13H2,1H3. The predicted octanol–water partition coefficient (Wildman–Crippen LogP) is 4.55. The number of ether oxygens (including phenoxy) is 1. The van der Waals surface area contributed by atoms with E-state index in [2.05, 4.69) is 21.8 Å². The number of fused-ring (bicyclic) bond motifs is 1. The number of amides is 1. The van der Waals surface area contributed by atoms with Gasteiger partial charge in [-0.15, -0.1) is 34.4 Å². The Balaban J connectivity index is 1.25. The summed E-state index contributed by atoms with van der Waals surface area (Å²) in [4.78, 5) is 33.3. The van der Waals surface area contributed by atoms with Crippen LogP contribution in [0, 0.1) is 6.92 Å². The number of benzene rings is 1. The number of aryl methyl sites for hydroxylation is 1. The third kappa shape index (κ3) is 5.07. The molecule has 1 amide bonds. The maximum absolute atomic E-state index is 12.4. The Kier molecular flexibility index (Phi) is 6.32. The van der Waals surface area contributed by atoms with Crippen molar-refractivity contribution in [2.75, 3.05) is 13.2 Å². The Morgan fingerprint density at radius 3 is 2.79 bits per heavy atom. The van der Waals surface area contributed by atoms with Gasteiger partial charge in [-0.3, -0.25) is 4.79 Å². The normalized spacial score (nSPS) is 13.2. The van der Waals surface area contributed by atoms with Crippen LogP contribution in [0.3, 0.4) is 0 Å². The van der Waals surface area contributed by atoms with Crippen LogP contribution in [-0.2, 0) is 28.2 Å². The lowest BCUT2D eigenvalue weighted by molar-refractivity contribution is -0.135. The van der Waals surface area contributed by atoms with E-state index in [1.54, 1.807) is 51.5 Å². The fourth-order valence-electron chi connectivity index (χ4n) is 3.08. The molecule has 0 N–H and O–H groups in total. The summed E-state index contributed by atoms with van der Waals surface area (Å²) < 4.78 is 5.24. The zero-order valence-electron chi connectivity index (χ0n) is 15.9. The maximum atomic E-state index is 12.4. The number of thiazole rings is 1. The van der Waals surface area contributed by atoms with Crippen molar-refractivity contribution >= 4 is 46.3 Å². The first-order valence-corrected chi connectivity index (χ1v) is 12.0. The summed E-state index contributed by atoms with van der Waals surface area (Å²) in [6.07, 6.45) is 0.867. The number of thioether (sulfide) groups is 1. The van der Waals surface area contributed by atoms with Gasteiger partial charge in [0, 0.05) is 34.0 Å². The lowest BCUT2D eigenvalue weighted by atomic mass is 10.1. The monoisotopic (exact) mass is 444 g/mol. The molecule has 0 atom stereocenters. The number of hydrogen-bond acceptors (Lipinski definition) is 7. The first-order chi connectivity index (χ1) is 14.1. The van der Waals surface area contributed by atoms with Gasteiger partial charge in [-0.1, -0.05) is 0 Å². The minimum Gasteiger partial charge on any atom is -0.452 e. The molecule has 0 fully saturated rings. The van der Waals surface area contributed by atoms with Crippen molar-refractivity contribution in [3.05, 3.63) is 67.8 Å². The first kappa shape index (κ1) is 20.1. The molecule has 0 saturated carbocycles. The molecule has 0 radical (unpaired) electrons. The number of aromatic nitrogens is 1. The predicted molar refractivity (Wildman–Crippen MR) is 117 cm³/mol. The van der Waals surface area contributed by atoms with Gasteiger partial charge < -0.3 is 9.64 Å². The van der Waals surface area contributed by atoms with Crippen molar-refractivity contribution in [2.45, 2.75) is 30.5 Å². The minimum absolute atomic E-state index is 0.152. The Labute approximate surface area is 181 Å². The molecular formula is C21H20N2O3S3. The number of rotatable bonds is 6. The molecule has 0 aliphatic carbocycles. The van der Waals surface area contributed by atoms with Gasteiger partial charge in [-0.2, -0.15) is 0 Å². The van der Waals surface area contributed by atoms with Crippen LogP contribution in [0.5, 0.6) is 0 Å². The number of thiophene rings is 1. The van der Waals surface area contributed by atoms with Gasteiger partial charge in [0.2, 0.25) is 0 Å². The van der Waals surface area contributed by atoms with E-state index in [1.165, 1.54) is 10.4 Å². The zero-order chi connectivity index (χ0) is 20.2. The zero-order valence-corrected chi connectivity index (χ0v) is 18.4. The van der Waals surface area contributed by atoms with Crippen molar-refractivity contribution in [2.24, 2.45) is 0 Å². The Morgan fingerprint density at radius 2 is 2.03 bits per heavy atom. The largest absolute Gasteiger partial charge is 0.452 e. The van der Waals surface area contributed by atoms with Crippen LogP contribution in [-0.4, -0.2) is 34.9 Å². The fourth-order valence-corrected chi connectivity index (χ4v) is 5.48. The number of hydrogen-bond donors (Lipinski definition) is 0. The maximum Gasteiger partial charge on any atom is 0.338 e. The van der Waals surface area contributed by atoms with E-state index in [0.717, 1.165) is 27.8 Å². The molecule has 150 valence electrons. The van der Waals surface area contributed by atoms with Crippen molar-refractivity contribution in [3.63, 3.8) is 0 Å². The third-order valence-electron chi connectivity index (χ3n) is 4.63. The molecule has 0 bridgehead atoms. The molecule has 3 heterocycles. The molecule has 0 unspecified atom stereocenters. The topological polar surface area (TPSA) is 59.5 Å². The SMILES string of the molecule is Cc1nc(CSc2ccc(C(=O)OCC(=O)N3CCc4sccc4C3)cc2)cs1. The van der Waals surface area contributed by atoms with Gasteiger partial charge in [-0.05, 0) is 54.6 Å². The van der Waals surface area contributed by atoms with E-state index >= 15 is 0 Å². The van der Waals surface area contributed by atoms with Gasteiger partial charge >= 0.3 is 5.97 Å². The highest BCUT2D eigenvalue weighted by molar-refractivity contribution is 7.98. The smallest absolute Gasteiger partial charge is 0.338 e. The van der Waals surface area contributed by atoms with Crippen LogP contribution in [0.2, 0.25) is 0 Å². The van der Waals surface area contributed by atoms with E-state index < -0.39 is 5.97 Å². The minimum atomic E-state index is -0.474. The highest BCUT2D eigenvalue weighted by atomic mass is 32.2. The average Bonchev–Trinajstić information content (AvgIpc) is 3.38. The number of carbonyl (C=O) groups is 2. The summed E-state index contributed by atoms with van der Waals surface area (Å²) in [5.74, 6) is 0.170. The Bertz CT molecular complexity index is 1010. The average molecular weight is 445 g/mol. The van der Waals surface area contributed by atoms with Crippen molar-refractivity contribution in [3.8, 4) is 0 Å². The quantitative estimate of drug-likeness (QED) is 0.412. The van der Waals surface area contributed by atoms with Crippen LogP contribution in [0.1, 0.15) is 31.5 Å². The third-order valence-corrected chi connectivity index (χ3v) is 7.52. The number of carbonyl (C=O) groups excluding carboxylic acids is 2. The summed E-state index contributed by atoms with van der Waals surface area (Å²) in [6.45, 7) is 3.04. The molecule has 1 aliphatic rings. The first-order valence-electron chi connectivity index (χ1n) is 9.22. The van der Waals surface area contributed by atoms with E-state index in [1.807, 2.05) is 19.1 Å². The van der Waals surface area contributed by atoms with Crippen LogP contribution in [0.4, 0.5) is 0 Å². The molecule has 0 spiro atoms. The molecule has 1 aliphatic heterocycles. The van der Waals surface area contributed by atoms with Crippen LogP contribution in [0.25, 0.3) is 0 Å². The highest BCUT2D eigenvalue weighted by Gasteiger charge is 2.22. The van der Waals surface area contributed by atoms with E-state index in [-0.39, 0.29) is 12.5 Å². The molecule has 1 aromatic carbocycles. The summed E-state index contributed by atoms with van der Waals surface area (Å²) in [5, 5.41) is 5.18. The molecule has 8 heteroatoms. The fraction of sp³-hybridized carbons (Fsp3) is 0.286. The molecule has 29 heavy (non-hydrogen) atoms. The highest BCUT2D eigenvalue weighted by Crippen LogP contribution is 2.25. The lowest BCUT2D eigenvalue weighted by Gasteiger charge is -2.26. The van der Waals surface area contributed by atoms with Gasteiger partial charge in [-0.25, -0.2) is 9.78 Å². The van der Waals surface area contributed by atoms with Gasteiger partial charge in [0.05, 0.1) is 16.3 Å². The molecule has 5 nitrogen and oxygen atoms in total. The van der Waals surface area contributed by atoms with Gasteiger partial charge in [0.25, 0.3) is 5.91 Å². The van der Waals surface area contributed by atoms with E-state index in [4.69, 9.17) is 4.74 Å². The molecule has 3 aromatic rings.